The predicted octanol–water partition coefficient (Wildman–Crippen LogP) is 0.513. The van der Waals surface area contributed by atoms with Gasteiger partial charge in [0.2, 0.25) is 0 Å². The zero-order valence-corrected chi connectivity index (χ0v) is 22.2. The van der Waals surface area contributed by atoms with Crippen LogP contribution < -0.4 is 20.0 Å². The molecule has 0 aliphatic carbocycles. The summed E-state index contributed by atoms with van der Waals surface area (Å²) in [5, 5.41) is 8.83. The zero-order valence-electron chi connectivity index (χ0n) is 17.7. The Morgan fingerprint density at radius 2 is 1.07 bits per heavy atom. The molecular formula is C25H27F2HfP. The normalized spacial score (nSPS) is 10.7. The van der Waals surface area contributed by atoms with Gasteiger partial charge in [0.25, 0.3) is 0 Å². The number of fused-ring (bicyclic) bond motifs is 2. The molecule has 4 rings (SSSR count). The van der Waals surface area contributed by atoms with E-state index in [1.807, 2.05) is 0 Å². The van der Waals surface area contributed by atoms with E-state index in [0.717, 1.165) is 0 Å². The van der Waals surface area contributed by atoms with Crippen LogP contribution in [0.2, 0.25) is 0 Å². The first-order valence-electron chi connectivity index (χ1n) is 9.60. The molecule has 4 aromatic carbocycles. The van der Waals surface area contributed by atoms with Crippen LogP contribution in [-0.2, 0) is 25.8 Å². The van der Waals surface area contributed by atoms with Crippen LogP contribution in [0, 0.1) is 27.7 Å². The average Bonchev–Trinajstić information content (AvgIpc) is 3.25. The molecule has 0 bridgehead atoms. The number of aryl methyl sites for hydroxylation is 4. The van der Waals surface area contributed by atoms with Crippen molar-refractivity contribution in [3.05, 3.63) is 70.8 Å². The molecule has 0 fully saturated rings. The van der Waals surface area contributed by atoms with E-state index in [1.165, 1.54) is 56.4 Å². The molecule has 0 aromatic heterocycles. The fourth-order valence-electron chi connectivity index (χ4n) is 4.09. The van der Waals surface area contributed by atoms with Crippen LogP contribution in [0.25, 0.3) is 21.5 Å². The third-order valence-electron chi connectivity index (χ3n) is 5.69. The van der Waals surface area contributed by atoms with Gasteiger partial charge in [-0.15, -0.1) is 67.5 Å². The molecule has 0 spiro atoms. The molecule has 0 aliphatic rings. The molecule has 0 heterocycles. The van der Waals surface area contributed by atoms with Crippen LogP contribution in [0.4, 0.5) is 0 Å². The standard InChI is InChI=1S/C25H27P.2FH.Hf/c1-6-11-26(20-12-22-16(2)7-8-17(3)23(22)13-20)21-14-24-18(4)9-10-19(5)25(24)15-21;;;/h7-10,12-15H,6,11H2,1-5H3;2*1H;/q-2;;;+4/p-2. The number of benzene rings is 2. The van der Waals surface area contributed by atoms with Crippen LogP contribution in [0.3, 0.4) is 0 Å². The smallest absolute Gasteiger partial charge is 1.00 e. The summed E-state index contributed by atoms with van der Waals surface area (Å²) in [5.74, 6) is 0. The van der Waals surface area contributed by atoms with Crippen molar-refractivity contribution in [2.24, 2.45) is 0 Å². The van der Waals surface area contributed by atoms with Gasteiger partial charge in [-0.2, -0.15) is 12.1 Å². The van der Waals surface area contributed by atoms with Crippen LogP contribution in [0.1, 0.15) is 35.6 Å². The Bertz CT molecular complexity index is 943. The maximum Gasteiger partial charge on any atom is 4.00 e. The number of hydrogen-bond acceptors (Lipinski definition) is 0. The van der Waals surface area contributed by atoms with Gasteiger partial charge in [0.05, 0.1) is 0 Å². The topological polar surface area (TPSA) is 0 Å². The summed E-state index contributed by atoms with van der Waals surface area (Å²) < 4.78 is 0. The van der Waals surface area contributed by atoms with E-state index < -0.39 is 0 Å². The van der Waals surface area contributed by atoms with Gasteiger partial charge in [0.15, 0.2) is 0 Å². The molecule has 0 unspecified atom stereocenters. The molecule has 29 heavy (non-hydrogen) atoms. The molecule has 0 atom stereocenters. The Balaban J connectivity index is 0.00000140. The Morgan fingerprint density at radius 1 is 0.690 bits per heavy atom. The fourth-order valence-corrected chi connectivity index (χ4v) is 6.49. The minimum atomic E-state index is -0.294. The van der Waals surface area contributed by atoms with Gasteiger partial charge < -0.3 is 9.41 Å². The molecule has 4 heteroatoms. The van der Waals surface area contributed by atoms with E-state index in [0.29, 0.717) is 0 Å². The van der Waals surface area contributed by atoms with Gasteiger partial charge in [0, 0.05) is 0 Å². The summed E-state index contributed by atoms with van der Waals surface area (Å²) in [6.45, 7) is 11.2. The summed E-state index contributed by atoms with van der Waals surface area (Å²) in [6, 6.07) is 18.9. The SMILES string of the molecule is CCCP(c1cc2c(C)ccc(C)c2[cH-]1)c1cc2c(C)ccc(C)c2[cH-]1.[F-].[F-].[Hf+4]. The number of halogens is 2. The molecule has 0 N–H and O–H groups in total. The van der Waals surface area contributed by atoms with E-state index in [-0.39, 0.29) is 43.2 Å². The number of rotatable bonds is 4. The molecule has 0 saturated carbocycles. The molecule has 150 valence electrons. The van der Waals surface area contributed by atoms with Gasteiger partial charge in [-0.25, -0.2) is 0 Å². The van der Waals surface area contributed by atoms with Crippen LogP contribution in [0.5, 0.6) is 0 Å². The summed E-state index contributed by atoms with van der Waals surface area (Å²) in [6.07, 6.45) is 2.49. The molecule has 4 aromatic rings. The second-order valence-corrected chi connectivity index (χ2v) is 9.97. The van der Waals surface area contributed by atoms with E-state index in [2.05, 4.69) is 83.1 Å². The Morgan fingerprint density at radius 3 is 1.41 bits per heavy atom. The molecule has 0 nitrogen and oxygen atoms in total. The Hall–Kier alpha value is -1.18. The first-order valence-corrected chi connectivity index (χ1v) is 11.1. The largest absolute Gasteiger partial charge is 4.00 e. The van der Waals surface area contributed by atoms with E-state index in [4.69, 9.17) is 0 Å². The predicted molar refractivity (Wildman–Crippen MR) is 119 cm³/mol. The number of hydrogen-bond donors (Lipinski definition) is 0. The van der Waals surface area contributed by atoms with Gasteiger partial charge >= 0.3 is 25.8 Å². The monoisotopic (exact) mass is 576 g/mol. The minimum absolute atomic E-state index is 0. The van der Waals surface area contributed by atoms with Crippen molar-refractivity contribution in [2.45, 2.75) is 41.0 Å². The zero-order chi connectivity index (χ0) is 18.4. The van der Waals surface area contributed by atoms with Crippen molar-refractivity contribution in [3.8, 4) is 0 Å². The molecule has 0 amide bonds. The third-order valence-corrected chi connectivity index (χ3v) is 8.34. The Labute approximate surface area is 192 Å². The summed E-state index contributed by atoms with van der Waals surface area (Å²) in [5.41, 5.74) is 5.57. The van der Waals surface area contributed by atoms with Crippen molar-refractivity contribution < 1.29 is 35.3 Å². The molecule has 0 saturated heterocycles. The van der Waals surface area contributed by atoms with Crippen molar-refractivity contribution in [1.29, 1.82) is 0 Å². The molecule has 0 radical (unpaired) electrons. The second-order valence-electron chi connectivity index (χ2n) is 7.63. The van der Waals surface area contributed by atoms with Gasteiger partial charge in [0.1, 0.15) is 0 Å². The van der Waals surface area contributed by atoms with Gasteiger partial charge in [-0.1, -0.05) is 58.4 Å². The van der Waals surface area contributed by atoms with Crippen LogP contribution >= 0.6 is 7.92 Å². The van der Waals surface area contributed by atoms with E-state index in [1.54, 1.807) is 10.6 Å². The quantitative estimate of drug-likeness (QED) is 0.189. The molecule has 0 aliphatic heterocycles. The van der Waals surface area contributed by atoms with Gasteiger partial charge in [-0.05, 0) is 20.0 Å². The van der Waals surface area contributed by atoms with Gasteiger partial charge in [-0.3, -0.25) is 0 Å². The van der Waals surface area contributed by atoms with E-state index >= 15 is 0 Å². The van der Waals surface area contributed by atoms with Crippen molar-refractivity contribution >= 4 is 40.1 Å². The molecular weight excluding hydrogens is 548 g/mol. The second kappa shape index (κ2) is 10.2. The fraction of sp³-hybridized carbons (Fsp3) is 0.280. The first-order chi connectivity index (χ1) is 12.5. The first kappa shape index (κ1) is 25.9. The third kappa shape index (κ3) is 4.62. The average molecular weight is 575 g/mol. The maximum atomic E-state index is 2.47. The summed E-state index contributed by atoms with van der Waals surface area (Å²) in [4.78, 5) is 0. The van der Waals surface area contributed by atoms with Crippen LogP contribution in [-0.4, -0.2) is 6.16 Å². The van der Waals surface area contributed by atoms with Crippen molar-refractivity contribution in [1.82, 2.24) is 0 Å². The summed E-state index contributed by atoms with van der Waals surface area (Å²) in [7, 11) is -0.294. The van der Waals surface area contributed by atoms with Crippen molar-refractivity contribution in [3.63, 3.8) is 0 Å². The Kier molecular flexibility index (Phi) is 9.12. The maximum absolute atomic E-state index is 2.47. The summed E-state index contributed by atoms with van der Waals surface area (Å²) >= 11 is 0. The van der Waals surface area contributed by atoms with Crippen molar-refractivity contribution in [2.75, 3.05) is 6.16 Å². The van der Waals surface area contributed by atoms with Crippen LogP contribution in [0.15, 0.2) is 48.5 Å². The van der Waals surface area contributed by atoms with E-state index in [9.17, 15) is 0 Å². The minimum Gasteiger partial charge on any atom is -1.00 e.